The molecule has 1 saturated heterocycles. The molecule has 3 aromatic carbocycles. The topological polar surface area (TPSA) is 149 Å². The first kappa shape index (κ1) is 46.3. The van der Waals surface area contributed by atoms with Crippen molar-refractivity contribution >= 4 is 38.4 Å². The minimum Gasteiger partial charge on any atom is -0.493 e. The Morgan fingerprint density at radius 2 is 1.81 bits per heavy atom. The molecule has 1 aromatic heterocycles. The molecule has 2 N–H and O–H groups in total. The van der Waals surface area contributed by atoms with Gasteiger partial charge in [-0.1, -0.05) is 66.5 Å². The normalized spacial score (nSPS) is 25.9. The van der Waals surface area contributed by atoms with Crippen molar-refractivity contribution in [2.45, 2.75) is 98.0 Å². The van der Waals surface area contributed by atoms with Crippen molar-refractivity contribution in [2.75, 3.05) is 45.8 Å². The minimum atomic E-state index is -4.26. The molecule has 2 aliphatic heterocycles. The molecule has 3 heterocycles. The Kier molecular flexibility index (Phi) is 15.4. The number of likely N-dealkylation sites (N-methyl/N-ethyl adjacent to an activating group) is 1. The summed E-state index contributed by atoms with van der Waals surface area (Å²) in [5.74, 6) is -0.260. The smallest absolute Gasteiger partial charge is 0.245 e. The number of para-hydroxylation sites is 1. The van der Waals surface area contributed by atoms with E-state index in [0.717, 1.165) is 55.4 Å². The van der Waals surface area contributed by atoms with Crippen molar-refractivity contribution in [1.82, 2.24) is 9.29 Å². The summed E-state index contributed by atoms with van der Waals surface area (Å²) in [6.45, 7) is 5.34. The monoisotopic (exact) mass is 911 g/mol. The van der Waals surface area contributed by atoms with E-state index in [-0.39, 0.29) is 48.9 Å². The number of hydrogen-bond acceptors (Lipinski definition) is 12. The van der Waals surface area contributed by atoms with Gasteiger partial charge in [-0.05, 0) is 98.4 Å². The van der Waals surface area contributed by atoms with Gasteiger partial charge in [0.2, 0.25) is 22.1 Å². The summed E-state index contributed by atoms with van der Waals surface area (Å²) >= 11 is 1.73. The summed E-state index contributed by atoms with van der Waals surface area (Å²) in [5, 5.41) is 25.5. The SMILES string of the molecule is C=CCOC12Oc3ccc(OCCSc4ccccc4)cc3C3C(CCCCO)C(CCCCO)C=C(C(=NOC4CCCCO4)CC1N(C)S(=O)(=O)c1cccc4cccnc14)C32. The number of aliphatic hydroxyl groups is 2. The molecule has 0 bridgehead atoms. The number of oxime groups is 1. The van der Waals surface area contributed by atoms with Crippen molar-refractivity contribution in [3.8, 4) is 11.5 Å². The number of pyridine rings is 1. The molecule has 8 rings (SSSR count). The van der Waals surface area contributed by atoms with E-state index in [9.17, 15) is 10.2 Å². The molecule has 0 spiro atoms. The van der Waals surface area contributed by atoms with Crippen LogP contribution in [0.1, 0.15) is 75.7 Å². The van der Waals surface area contributed by atoms with Crippen LogP contribution >= 0.6 is 11.8 Å². The van der Waals surface area contributed by atoms with Crippen LogP contribution in [-0.4, -0.2) is 97.6 Å². The van der Waals surface area contributed by atoms with Gasteiger partial charge in [0.1, 0.15) is 16.4 Å². The first-order chi connectivity index (χ1) is 31.3. The maximum atomic E-state index is 15.2. The second kappa shape index (κ2) is 21.4. The third kappa shape index (κ3) is 9.79. The van der Waals surface area contributed by atoms with Crippen LogP contribution in [0.15, 0.2) is 124 Å². The third-order valence-electron chi connectivity index (χ3n) is 13.1. The standard InChI is InChI=1S/C50H61N3O9S2/c1-3-28-60-50-45(53(2)64(56,57)44-21-13-16-35-17-14-25-51-49(35)44)34-42(52-62-46-22-9-12-29-59-46)40-32-36(15-7-10-26-54)39(20-8-11-27-55)47(48(40)50)41-33-37(23-24-43(41)61-50)58-30-31-63-38-18-5-4-6-19-38/h3-6,13-14,16-19,21,23-25,32-33,36,39,45-48,54-55H,1,7-12,15,20,22,26-31,34H2,2H3. The molecule has 2 aliphatic carbocycles. The molecule has 4 aromatic rings. The lowest BCUT2D eigenvalue weighted by Crippen LogP contribution is -2.69. The lowest BCUT2D eigenvalue weighted by molar-refractivity contribution is -0.250. The fraction of sp³-hybridized carbons (Fsp3) is 0.480. The summed E-state index contributed by atoms with van der Waals surface area (Å²) in [4.78, 5) is 12.0. The molecule has 342 valence electrons. The van der Waals surface area contributed by atoms with E-state index in [0.29, 0.717) is 60.6 Å². The predicted octanol–water partition coefficient (Wildman–Crippen LogP) is 8.89. The second-order valence-corrected chi connectivity index (χ2v) is 20.2. The number of benzene rings is 3. The Morgan fingerprint density at radius 3 is 2.59 bits per heavy atom. The zero-order chi connectivity index (χ0) is 44.5. The Hall–Kier alpha value is -4.28. The summed E-state index contributed by atoms with van der Waals surface area (Å²) < 4.78 is 58.6. The second-order valence-electron chi connectivity index (χ2n) is 17.0. The van der Waals surface area contributed by atoms with Gasteiger partial charge in [-0.2, -0.15) is 4.31 Å². The average Bonchev–Trinajstić information content (AvgIpc) is 3.33. The van der Waals surface area contributed by atoms with Crippen LogP contribution in [-0.2, 0) is 24.3 Å². The molecule has 0 amide bonds. The lowest BCUT2D eigenvalue weighted by atomic mass is 9.55. The fourth-order valence-corrected chi connectivity index (χ4v) is 12.4. The largest absolute Gasteiger partial charge is 0.493 e. The Bertz CT molecular complexity index is 2370. The number of thioether (sulfide) groups is 1. The first-order valence-electron chi connectivity index (χ1n) is 22.8. The van der Waals surface area contributed by atoms with Crippen molar-refractivity contribution in [3.63, 3.8) is 0 Å². The van der Waals surface area contributed by atoms with Crippen LogP contribution in [0, 0.1) is 17.8 Å². The van der Waals surface area contributed by atoms with Crippen LogP contribution in [0.5, 0.6) is 11.5 Å². The molecule has 7 atom stereocenters. The molecule has 0 radical (unpaired) electrons. The number of unbranched alkanes of at least 4 members (excludes halogenated alkanes) is 2. The van der Waals surface area contributed by atoms with Crippen LogP contribution in [0.2, 0.25) is 0 Å². The Balaban J connectivity index is 1.28. The number of fused-ring (bicyclic) bond motifs is 3. The third-order valence-corrected chi connectivity index (χ3v) is 16.0. The highest BCUT2D eigenvalue weighted by Gasteiger charge is 2.66. The molecule has 64 heavy (non-hydrogen) atoms. The van der Waals surface area contributed by atoms with Crippen LogP contribution < -0.4 is 9.47 Å². The van der Waals surface area contributed by atoms with Gasteiger partial charge in [0, 0.05) is 66.8 Å². The van der Waals surface area contributed by atoms with Gasteiger partial charge in [0.15, 0.2) is 0 Å². The average molecular weight is 912 g/mol. The fourth-order valence-electron chi connectivity index (χ4n) is 10.2. The summed E-state index contributed by atoms with van der Waals surface area (Å²) in [7, 11) is -2.67. The van der Waals surface area contributed by atoms with Gasteiger partial charge in [-0.25, -0.2) is 8.42 Å². The zero-order valence-electron chi connectivity index (χ0n) is 36.6. The summed E-state index contributed by atoms with van der Waals surface area (Å²) in [5.41, 5.74) is 2.82. The van der Waals surface area contributed by atoms with Crippen molar-refractivity contribution in [2.24, 2.45) is 22.9 Å². The number of ether oxygens (including phenoxy) is 4. The predicted molar refractivity (Wildman–Crippen MR) is 249 cm³/mol. The maximum Gasteiger partial charge on any atom is 0.245 e. The minimum absolute atomic E-state index is 0.0176. The van der Waals surface area contributed by atoms with Gasteiger partial charge in [0.05, 0.1) is 43.0 Å². The van der Waals surface area contributed by atoms with E-state index >= 15 is 8.42 Å². The van der Waals surface area contributed by atoms with Gasteiger partial charge in [0.25, 0.3) is 0 Å². The first-order valence-corrected chi connectivity index (χ1v) is 25.2. The number of sulfonamides is 1. The maximum absolute atomic E-state index is 15.2. The molecule has 7 unspecified atom stereocenters. The number of allylic oxidation sites excluding steroid dienone is 1. The van der Waals surface area contributed by atoms with E-state index in [1.165, 1.54) is 9.20 Å². The highest BCUT2D eigenvalue weighted by atomic mass is 32.2. The molecule has 14 heteroatoms. The number of rotatable bonds is 21. The van der Waals surface area contributed by atoms with Gasteiger partial charge in [-0.15, -0.1) is 18.3 Å². The van der Waals surface area contributed by atoms with Crippen molar-refractivity contribution in [1.29, 1.82) is 0 Å². The summed E-state index contributed by atoms with van der Waals surface area (Å²) in [6, 6.07) is 24.1. The van der Waals surface area contributed by atoms with Crippen LogP contribution in [0.4, 0.5) is 0 Å². The molecular weight excluding hydrogens is 851 g/mol. The highest BCUT2D eigenvalue weighted by Crippen LogP contribution is 2.62. The van der Waals surface area contributed by atoms with E-state index < -0.39 is 34.1 Å². The Labute approximate surface area is 381 Å². The number of hydrogen-bond donors (Lipinski definition) is 2. The number of nitrogens with zero attached hydrogens (tertiary/aromatic N) is 3. The van der Waals surface area contributed by atoms with Crippen LogP contribution in [0.3, 0.4) is 0 Å². The lowest BCUT2D eigenvalue weighted by Gasteiger charge is -2.59. The van der Waals surface area contributed by atoms with E-state index in [1.54, 1.807) is 49.3 Å². The van der Waals surface area contributed by atoms with Gasteiger partial charge in [-0.3, -0.25) is 4.98 Å². The molecule has 4 aliphatic rings. The van der Waals surface area contributed by atoms with E-state index in [4.69, 9.17) is 28.9 Å². The molecular formula is C50H61N3O9S2. The Morgan fingerprint density at radius 1 is 1.00 bits per heavy atom. The number of aromatic nitrogens is 1. The quantitative estimate of drug-likeness (QED) is 0.0357. The molecule has 12 nitrogen and oxygen atoms in total. The van der Waals surface area contributed by atoms with E-state index in [1.807, 2.05) is 42.5 Å². The van der Waals surface area contributed by atoms with Crippen LogP contribution in [0.25, 0.3) is 10.9 Å². The van der Waals surface area contributed by atoms with Crippen molar-refractivity contribution < 1.29 is 42.4 Å². The van der Waals surface area contributed by atoms with Gasteiger partial charge >= 0.3 is 0 Å². The van der Waals surface area contributed by atoms with E-state index in [2.05, 4.69) is 35.8 Å². The molecule has 2 fully saturated rings. The summed E-state index contributed by atoms with van der Waals surface area (Å²) in [6.07, 6.45) is 12.2. The highest BCUT2D eigenvalue weighted by molar-refractivity contribution is 7.99. The molecule has 1 saturated carbocycles. The number of aliphatic hydroxyl groups excluding tert-OH is 2. The van der Waals surface area contributed by atoms with Crippen molar-refractivity contribution in [3.05, 3.63) is 115 Å². The zero-order valence-corrected chi connectivity index (χ0v) is 38.3. The van der Waals surface area contributed by atoms with Gasteiger partial charge < -0.3 is 34.0 Å².